The Bertz CT molecular complexity index is 1160. The van der Waals surface area contributed by atoms with Crippen molar-refractivity contribution in [3.8, 4) is 11.5 Å². The zero-order chi connectivity index (χ0) is 24.3. The van der Waals surface area contributed by atoms with Crippen LogP contribution in [0.25, 0.3) is 0 Å². The molecule has 2 aliphatic heterocycles. The normalized spacial score (nSPS) is 19.4. The number of anilines is 1. The molecular formula is C23H24N4O6S. The zero-order valence-electron chi connectivity index (χ0n) is 18.5. The first-order chi connectivity index (χ1) is 16.3. The summed E-state index contributed by atoms with van der Waals surface area (Å²) in [6.45, 7) is 2.13. The third kappa shape index (κ3) is 4.79. The van der Waals surface area contributed by atoms with Gasteiger partial charge in [0.05, 0.1) is 24.7 Å². The topological polar surface area (TPSA) is 140 Å². The fourth-order valence-electron chi connectivity index (χ4n) is 3.69. The van der Waals surface area contributed by atoms with Crippen LogP contribution in [0.1, 0.15) is 18.9 Å². The minimum absolute atomic E-state index is 0.0494. The van der Waals surface area contributed by atoms with E-state index in [0.29, 0.717) is 40.9 Å². The van der Waals surface area contributed by atoms with Gasteiger partial charge in [-0.1, -0.05) is 18.2 Å². The van der Waals surface area contributed by atoms with Crippen molar-refractivity contribution >= 4 is 41.2 Å². The van der Waals surface area contributed by atoms with E-state index < -0.39 is 35.8 Å². The van der Waals surface area contributed by atoms with Crippen LogP contribution in [0, 0.1) is 0 Å². The van der Waals surface area contributed by atoms with Crippen molar-refractivity contribution < 1.29 is 28.7 Å². The lowest BCUT2D eigenvalue weighted by molar-refractivity contribution is -0.133. The number of imide groups is 1. The highest BCUT2D eigenvalue weighted by molar-refractivity contribution is 8.00. The summed E-state index contributed by atoms with van der Waals surface area (Å²) in [6.07, 6.45) is 0.740. The molecule has 1 saturated heterocycles. The van der Waals surface area contributed by atoms with E-state index in [-0.39, 0.29) is 5.75 Å². The van der Waals surface area contributed by atoms with Crippen LogP contribution in [-0.2, 0) is 19.9 Å². The van der Waals surface area contributed by atoms with Gasteiger partial charge in [-0.05, 0) is 36.8 Å². The molecule has 2 aliphatic rings. The fraction of sp³-hybridized carbons (Fsp3) is 0.304. The number of hydrogen-bond donors (Lipinski definition) is 3. The zero-order valence-corrected chi connectivity index (χ0v) is 19.3. The van der Waals surface area contributed by atoms with Crippen molar-refractivity contribution in [1.29, 1.82) is 0 Å². The Kier molecular flexibility index (Phi) is 6.64. The van der Waals surface area contributed by atoms with Crippen molar-refractivity contribution in [1.82, 2.24) is 10.2 Å². The van der Waals surface area contributed by atoms with E-state index in [2.05, 4.69) is 10.6 Å². The lowest BCUT2D eigenvalue weighted by Gasteiger charge is -2.23. The number of thioether (sulfide) groups is 1. The van der Waals surface area contributed by atoms with Gasteiger partial charge in [-0.2, -0.15) is 0 Å². The highest BCUT2D eigenvalue weighted by atomic mass is 32.2. The highest BCUT2D eigenvalue weighted by Gasteiger charge is 2.49. The van der Waals surface area contributed by atoms with Gasteiger partial charge in [0, 0.05) is 11.3 Å². The molecule has 0 radical (unpaired) electrons. The number of carbonyl (C=O) groups excluding carboxylic acids is 4. The molecule has 2 heterocycles. The van der Waals surface area contributed by atoms with Gasteiger partial charge in [-0.25, -0.2) is 4.79 Å². The SMILES string of the molecule is C[C@@]1(c2ccc3c(c2)OCCCO3)NC(=O)N(CC(=O)Nc2ccccc2SCC(N)=O)C1=O. The summed E-state index contributed by atoms with van der Waals surface area (Å²) in [7, 11) is 0. The number of urea groups is 1. The number of para-hydroxylation sites is 1. The minimum Gasteiger partial charge on any atom is -0.490 e. The van der Waals surface area contributed by atoms with Crippen molar-refractivity contribution in [2.75, 3.05) is 30.8 Å². The number of carbonyl (C=O) groups is 4. The number of rotatable bonds is 7. The van der Waals surface area contributed by atoms with E-state index in [1.54, 1.807) is 49.4 Å². The van der Waals surface area contributed by atoms with Crippen molar-refractivity contribution in [2.24, 2.45) is 5.73 Å². The summed E-state index contributed by atoms with van der Waals surface area (Å²) in [5, 5.41) is 5.38. The third-order valence-electron chi connectivity index (χ3n) is 5.43. The first-order valence-electron chi connectivity index (χ1n) is 10.6. The molecule has 0 aliphatic carbocycles. The molecule has 2 aromatic carbocycles. The van der Waals surface area contributed by atoms with Crippen LogP contribution in [0.5, 0.6) is 11.5 Å². The Hall–Kier alpha value is -3.73. The Labute approximate surface area is 200 Å². The van der Waals surface area contributed by atoms with E-state index in [1.165, 1.54) is 11.8 Å². The molecule has 0 bridgehead atoms. The second-order valence-corrected chi connectivity index (χ2v) is 8.97. The Morgan fingerprint density at radius 1 is 1.15 bits per heavy atom. The number of amides is 5. The van der Waals surface area contributed by atoms with Gasteiger partial charge < -0.3 is 25.8 Å². The second kappa shape index (κ2) is 9.64. The number of nitrogens with zero attached hydrogens (tertiary/aromatic N) is 1. The molecule has 4 N–H and O–H groups in total. The number of fused-ring (bicyclic) bond motifs is 1. The molecule has 11 heteroatoms. The average molecular weight is 485 g/mol. The maximum atomic E-state index is 13.2. The first-order valence-corrected chi connectivity index (χ1v) is 11.6. The number of nitrogens with two attached hydrogens (primary N) is 1. The lowest BCUT2D eigenvalue weighted by Crippen LogP contribution is -2.42. The Balaban J connectivity index is 1.48. The number of hydrogen-bond acceptors (Lipinski definition) is 7. The second-order valence-electron chi connectivity index (χ2n) is 7.96. The molecule has 34 heavy (non-hydrogen) atoms. The predicted molar refractivity (Wildman–Crippen MR) is 125 cm³/mol. The van der Waals surface area contributed by atoms with Crippen LogP contribution in [0.15, 0.2) is 47.4 Å². The summed E-state index contributed by atoms with van der Waals surface area (Å²) in [5.41, 5.74) is 4.81. The molecule has 5 amide bonds. The third-order valence-corrected chi connectivity index (χ3v) is 6.53. The maximum Gasteiger partial charge on any atom is 0.325 e. The number of nitrogens with one attached hydrogen (secondary N) is 2. The summed E-state index contributed by atoms with van der Waals surface area (Å²) in [5.74, 6) is -0.477. The van der Waals surface area contributed by atoms with E-state index in [9.17, 15) is 19.2 Å². The van der Waals surface area contributed by atoms with Crippen LogP contribution in [-0.4, -0.2) is 54.2 Å². The van der Waals surface area contributed by atoms with Crippen LogP contribution in [0.2, 0.25) is 0 Å². The summed E-state index contributed by atoms with van der Waals surface area (Å²) in [6, 6.07) is 11.3. The van der Waals surface area contributed by atoms with Crippen molar-refractivity contribution in [3.05, 3.63) is 48.0 Å². The highest BCUT2D eigenvalue weighted by Crippen LogP contribution is 2.36. The standard InChI is InChI=1S/C23H24N4O6S/c1-23(14-7-8-16-17(11-14)33-10-4-9-32-16)21(30)27(22(31)26-23)12-20(29)25-15-5-2-3-6-18(15)34-13-19(24)28/h2-3,5-8,11H,4,9-10,12-13H2,1H3,(H2,24,28)(H,25,29)(H,26,31)/t23-/m0/s1. The van der Waals surface area contributed by atoms with E-state index in [0.717, 1.165) is 11.3 Å². The lowest BCUT2D eigenvalue weighted by atomic mass is 9.91. The molecular weight excluding hydrogens is 460 g/mol. The maximum absolute atomic E-state index is 13.2. The van der Waals surface area contributed by atoms with Gasteiger partial charge in [-0.3, -0.25) is 19.3 Å². The number of ether oxygens (including phenoxy) is 2. The molecule has 0 saturated carbocycles. The molecule has 10 nitrogen and oxygen atoms in total. The molecule has 0 unspecified atom stereocenters. The van der Waals surface area contributed by atoms with Crippen molar-refractivity contribution in [3.63, 3.8) is 0 Å². The number of benzene rings is 2. The van der Waals surface area contributed by atoms with Crippen LogP contribution in [0.4, 0.5) is 10.5 Å². The van der Waals surface area contributed by atoms with Crippen LogP contribution < -0.4 is 25.8 Å². The first kappa shape index (κ1) is 23.4. The van der Waals surface area contributed by atoms with Crippen molar-refractivity contribution in [2.45, 2.75) is 23.8 Å². The van der Waals surface area contributed by atoms with Gasteiger partial charge in [0.25, 0.3) is 5.91 Å². The predicted octanol–water partition coefficient (Wildman–Crippen LogP) is 1.83. The Morgan fingerprint density at radius 3 is 2.65 bits per heavy atom. The van der Waals surface area contributed by atoms with E-state index in [1.807, 2.05) is 0 Å². The quantitative estimate of drug-likeness (QED) is 0.402. The Morgan fingerprint density at radius 2 is 1.88 bits per heavy atom. The summed E-state index contributed by atoms with van der Waals surface area (Å²) < 4.78 is 11.3. The molecule has 0 spiro atoms. The van der Waals surface area contributed by atoms with Gasteiger partial charge >= 0.3 is 6.03 Å². The average Bonchev–Trinajstić information content (AvgIpc) is 2.97. The van der Waals surface area contributed by atoms with Gasteiger partial charge in [0.15, 0.2) is 11.5 Å². The molecule has 0 aromatic heterocycles. The van der Waals surface area contributed by atoms with E-state index >= 15 is 0 Å². The molecule has 4 rings (SSSR count). The molecule has 1 atom stereocenters. The van der Waals surface area contributed by atoms with Crippen LogP contribution in [0.3, 0.4) is 0 Å². The van der Waals surface area contributed by atoms with Gasteiger partial charge in [-0.15, -0.1) is 11.8 Å². The summed E-state index contributed by atoms with van der Waals surface area (Å²) in [4.78, 5) is 51.2. The minimum atomic E-state index is -1.36. The van der Waals surface area contributed by atoms with E-state index in [4.69, 9.17) is 15.2 Å². The molecule has 1 fully saturated rings. The monoisotopic (exact) mass is 484 g/mol. The fourth-order valence-corrected chi connectivity index (χ4v) is 4.44. The van der Waals surface area contributed by atoms with Gasteiger partial charge in [0.1, 0.15) is 12.1 Å². The molecule has 2 aromatic rings. The van der Waals surface area contributed by atoms with Crippen LogP contribution >= 0.6 is 11.8 Å². The smallest absolute Gasteiger partial charge is 0.325 e. The number of primary amides is 1. The molecule has 178 valence electrons. The largest absolute Gasteiger partial charge is 0.490 e. The van der Waals surface area contributed by atoms with Gasteiger partial charge in [0.2, 0.25) is 11.8 Å². The summed E-state index contributed by atoms with van der Waals surface area (Å²) >= 11 is 1.18.